The zero-order valence-electron chi connectivity index (χ0n) is 13.6. The van der Waals surface area contributed by atoms with Gasteiger partial charge in [0.1, 0.15) is 0 Å². The van der Waals surface area contributed by atoms with Crippen molar-refractivity contribution in [3.63, 3.8) is 0 Å². The topological polar surface area (TPSA) is 58.2 Å². The number of amides is 2. The van der Waals surface area contributed by atoms with Gasteiger partial charge in [-0.3, -0.25) is 9.59 Å². The lowest BCUT2D eigenvalue weighted by Gasteiger charge is -2.07. The van der Waals surface area contributed by atoms with Crippen LogP contribution in [0.5, 0.6) is 0 Å². The van der Waals surface area contributed by atoms with E-state index in [4.69, 9.17) is 23.2 Å². The Kier molecular flexibility index (Phi) is 7.62. The minimum atomic E-state index is -0.129. The number of nitrogens with one attached hydrogen (secondary N) is 2. The van der Waals surface area contributed by atoms with Crippen LogP contribution in [0.4, 0.5) is 11.4 Å². The fourth-order valence-electron chi connectivity index (χ4n) is 2.05. The van der Waals surface area contributed by atoms with E-state index in [2.05, 4.69) is 10.6 Å². The van der Waals surface area contributed by atoms with Crippen molar-refractivity contribution in [2.75, 3.05) is 16.4 Å². The van der Waals surface area contributed by atoms with Crippen molar-refractivity contribution in [1.82, 2.24) is 0 Å². The summed E-state index contributed by atoms with van der Waals surface area (Å²) in [7, 11) is 0. The van der Waals surface area contributed by atoms with Crippen LogP contribution in [-0.2, 0) is 15.3 Å². The Morgan fingerprint density at radius 2 is 1.60 bits per heavy atom. The molecule has 0 aliphatic carbocycles. The normalized spacial score (nSPS) is 10.4. The second-order valence-electron chi connectivity index (χ2n) is 5.36. The van der Waals surface area contributed by atoms with Gasteiger partial charge >= 0.3 is 0 Å². The second-order valence-corrected chi connectivity index (χ2v) is 7.28. The van der Waals surface area contributed by atoms with Crippen molar-refractivity contribution in [3.05, 3.63) is 58.1 Å². The SMILES string of the molecule is CC(=O)Nc1ccc(NC(=O)CCSCc2ccc(Cl)c(Cl)c2)cc1. The molecule has 0 aliphatic heterocycles. The molecule has 2 aromatic carbocycles. The molecule has 0 aliphatic rings. The van der Waals surface area contributed by atoms with Gasteiger partial charge in [0.25, 0.3) is 0 Å². The Labute approximate surface area is 161 Å². The Balaban J connectivity index is 1.71. The van der Waals surface area contributed by atoms with Crippen LogP contribution in [0.15, 0.2) is 42.5 Å². The van der Waals surface area contributed by atoms with Crippen LogP contribution < -0.4 is 10.6 Å². The maximum absolute atomic E-state index is 12.0. The molecule has 25 heavy (non-hydrogen) atoms. The van der Waals surface area contributed by atoms with Gasteiger partial charge in [0, 0.05) is 36.2 Å². The molecule has 0 fully saturated rings. The predicted octanol–water partition coefficient (Wildman–Crippen LogP) is 5.21. The van der Waals surface area contributed by atoms with E-state index in [1.54, 1.807) is 42.1 Å². The van der Waals surface area contributed by atoms with E-state index >= 15 is 0 Å². The lowest BCUT2D eigenvalue weighted by atomic mass is 10.2. The molecule has 2 rings (SSSR count). The molecule has 0 unspecified atom stereocenters. The van der Waals surface area contributed by atoms with E-state index in [9.17, 15) is 9.59 Å². The van der Waals surface area contributed by atoms with Crippen molar-refractivity contribution in [2.45, 2.75) is 19.1 Å². The van der Waals surface area contributed by atoms with Gasteiger partial charge in [-0.2, -0.15) is 11.8 Å². The number of rotatable bonds is 7. The molecular formula is C18H18Cl2N2O2S. The van der Waals surface area contributed by atoms with Crippen LogP contribution in [0.1, 0.15) is 18.9 Å². The lowest BCUT2D eigenvalue weighted by Crippen LogP contribution is -2.12. The van der Waals surface area contributed by atoms with Crippen molar-refractivity contribution >= 4 is 58.2 Å². The second kappa shape index (κ2) is 9.70. The Bertz CT molecular complexity index is 751. The van der Waals surface area contributed by atoms with E-state index in [1.165, 1.54) is 6.92 Å². The van der Waals surface area contributed by atoms with Gasteiger partial charge in [0.2, 0.25) is 11.8 Å². The summed E-state index contributed by atoms with van der Waals surface area (Å²) in [5.41, 5.74) is 2.48. The highest BCUT2D eigenvalue weighted by Gasteiger charge is 2.04. The van der Waals surface area contributed by atoms with Gasteiger partial charge < -0.3 is 10.6 Å². The van der Waals surface area contributed by atoms with Crippen molar-refractivity contribution in [2.24, 2.45) is 0 Å². The van der Waals surface area contributed by atoms with Crippen LogP contribution in [-0.4, -0.2) is 17.6 Å². The molecule has 0 heterocycles. The summed E-state index contributed by atoms with van der Waals surface area (Å²) < 4.78 is 0. The van der Waals surface area contributed by atoms with E-state index < -0.39 is 0 Å². The van der Waals surface area contributed by atoms with Crippen molar-refractivity contribution in [1.29, 1.82) is 0 Å². The van der Waals surface area contributed by atoms with E-state index in [1.807, 2.05) is 12.1 Å². The molecule has 4 nitrogen and oxygen atoms in total. The zero-order valence-corrected chi connectivity index (χ0v) is 16.0. The van der Waals surface area contributed by atoms with Crippen molar-refractivity contribution in [3.8, 4) is 0 Å². The van der Waals surface area contributed by atoms with Crippen molar-refractivity contribution < 1.29 is 9.59 Å². The first kappa shape index (κ1) is 19.6. The quantitative estimate of drug-likeness (QED) is 0.631. The Hall–Kier alpha value is -1.69. The molecule has 0 saturated carbocycles. The fourth-order valence-corrected chi connectivity index (χ4v) is 3.26. The molecule has 132 valence electrons. The number of carbonyl (C=O) groups is 2. The third kappa shape index (κ3) is 6.98. The van der Waals surface area contributed by atoms with Crippen LogP contribution in [0.2, 0.25) is 10.0 Å². The number of thioether (sulfide) groups is 1. The summed E-state index contributed by atoms with van der Waals surface area (Å²) in [6.07, 6.45) is 0.416. The first-order chi connectivity index (χ1) is 11.9. The number of hydrogen-bond acceptors (Lipinski definition) is 3. The molecule has 0 atom stereocenters. The Morgan fingerprint density at radius 1 is 0.960 bits per heavy atom. The first-order valence-corrected chi connectivity index (χ1v) is 9.54. The molecule has 2 N–H and O–H groups in total. The summed E-state index contributed by atoms with van der Waals surface area (Å²) in [4.78, 5) is 22.9. The summed E-state index contributed by atoms with van der Waals surface area (Å²) in [5.74, 6) is 1.30. The summed E-state index contributed by atoms with van der Waals surface area (Å²) in [5, 5.41) is 6.59. The van der Waals surface area contributed by atoms with Gasteiger partial charge in [-0.15, -0.1) is 0 Å². The van der Waals surface area contributed by atoms with Gasteiger partial charge in [-0.25, -0.2) is 0 Å². The number of benzene rings is 2. The molecule has 0 aromatic heterocycles. The number of carbonyl (C=O) groups excluding carboxylic acids is 2. The highest BCUT2D eigenvalue weighted by atomic mass is 35.5. The van der Waals surface area contributed by atoms with E-state index in [0.29, 0.717) is 33.6 Å². The first-order valence-electron chi connectivity index (χ1n) is 7.63. The van der Waals surface area contributed by atoms with Gasteiger partial charge in [0.15, 0.2) is 0 Å². The smallest absolute Gasteiger partial charge is 0.225 e. The van der Waals surface area contributed by atoms with Gasteiger partial charge in [0.05, 0.1) is 10.0 Å². The van der Waals surface area contributed by atoms with Crippen LogP contribution in [0, 0.1) is 0 Å². The molecular weight excluding hydrogens is 379 g/mol. The van der Waals surface area contributed by atoms with Crippen LogP contribution >= 0.6 is 35.0 Å². The average molecular weight is 397 g/mol. The molecule has 0 bridgehead atoms. The lowest BCUT2D eigenvalue weighted by molar-refractivity contribution is -0.116. The monoisotopic (exact) mass is 396 g/mol. The van der Waals surface area contributed by atoms with Crippen LogP contribution in [0.25, 0.3) is 0 Å². The molecule has 2 aromatic rings. The predicted molar refractivity (Wildman–Crippen MR) is 107 cm³/mol. The Morgan fingerprint density at radius 3 is 2.20 bits per heavy atom. The maximum Gasteiger partial charge on any atom is 0.225 e. The van der Waals surface area contributed by atoms with E-state index in [0.717, 1.165) is 11.3 Å². The van der Waals surface area contributed by atoms with Gasteiger partial charge in [-0.1, -0.05) is 29.3 Å². The zero-order chi connectivity index (χ0) is 18.2. The third-order valence-electron chi connectivity index (χ3n) is 3.22. The summed E-state index contributed by atoms with van der Waals surface area (Å²) in [6.45, 7) is 1.45. The summed E-state index contributed by atoms with van der Waals surface area (Å²) in [6, 6.07) is 12.5. The number of hydrogen-bond donors (Lipinski definition) is 2. The third-order valence-corrected chi connectivity index (χ3v) is 4.98. The standard InChI is InChI=1S/C18H18Cl2N2O2S/c1-12(23)21-14-3-5-15(6-4-14)22-18(24)8-9-25-11-13-2-7-16(19)17(20)10-13/h2-7,10H,8-9,11H2,1H3,(H,21,23)(H,22,24). The molecule has 2 amide bonds. The highest BCUT2D eigenvalue weighted by Crippen LogP contribution is 2.24. The maximum atomic E-state index is 12.0. The molecule has 0 spiro atoms. The highest BCUT2D eigenvalue weighted by molar-refractivity contribution is 7.98. The summed E-state index contributed by atoms with van der Waals surface area (Å²) >= 11 is 13.5. The largest absolute Gasteiger partial charge is 0.326 e. The molecule has 0 saturated heterocycles. The fraction of sp³-hybridized carbons (Fsp3) is 0.222. The van der Waals surface area contributed by atoms with E-state index in [-0.39, 0.29) is 11.8 Å². The number of halogens is 2. The minimum Gasteiger partial charge on any atom is -0.326 e. The average Bonchev–Trinajstić information content (AvgIpc) is 2.56. The molecule has 7 heteroatoms. The molecule has 0 radical (unpaired) electrons. The van der Waals surface area contributed by atoms with Gasteiger partial charge in [-0.05, 0) is 42.0 Å². The number of anilines is 2. The van der Waals surface area contributed by atoms with Crippen LogP contribution in [0.3, 0.4) is 0 Å². The minimum absolute atomic E-state index is 0.0473.